The lowest BCUT2D eigenvalue weighted by atomic mass is 9.99. The fourth-order valence-electron chi connectivity index (χ4n) is 6.35. The molecule has 0 amide bonds. The largest absolute Gasteiger partial charge is 0.462 e. The van der Waals surface area contributed by atoms with Crippen LogP contribution in [0.2, 0.25) is 0 Å². The first-order chi connectivity index (χ1) is 27.8. The van der Waals surface area contributed by atoms with Gasteiger partial charge in [-0.1, -0.05) is 164 Å². The third-order valence-electron chi connectivity index (χ3n) is 9.92. The number of carbonyl (C=O) groups is 2. The van der Waals surface area contributed by atoms with Crippen LogP contribution in [0.4, 0.5) is 0 Å². The molecule has 0 aromatic rings. The Bertz CT molecular complexity index is 1110. The van der Waals surface area contributed by atoms with Crippen LogP contribution in [-0.4, -0.2) is 89.0 Å². The highest BCUT2D eigenvalue weighted by Crippen LogP contribution is 2.22. The van der Waals surface area contributed by atoms with E-state index in [9.17, 15) is 30.0 Å². The summed E-state index contributed by atoms with van der Waals surface area (Å²) in [6, 6.07) is 0. The molecule has 10 heteroatoms. The number of hydrogen-bond acceptors (Lipinski definition) is 10. The maximum atomic E-state index is 12.7. The number of ether oxygens (including phenoxy) is 4. The molecule has 328 valence electrons. The molecule has 0 spiro atoms. The van der Waals surface area contributed by atoms with Crippen LogP contribution in [0.15, 0.2) is 60.8 Å². The van der Waals surface area contributed by atoms with Gasteiger partial charge < -0.3 is 39.4 Å². The van der Waals surface area contributed by atoms with Crippen molar-refractivity contribution in [2.75, 3.05) is 19.8 Å². The van der Waals surface area contributed by atoms with E-state index in [1.54, 1.807) is 0 Å². The van der Waals surface area contributed by atoms with E-state index in [0.29, 0.717) is 6.42 Å². The molecule has 1 saturated heterocycles. The van der Waals surface area contributed by atoms with Crippen molar-refractivity contribution in [3.8, 4) is 0 Å². The van der Waals surface area contributed by atoms with Crippen molar-refractivity contribution in [3.05, 3.63) is 60.8 Å². The molecule has 57 heavy (non-hydrogen) atoms. The van der Waals surface area contributed by atoms with Crippen LogP contribution in [-0.2, 0) is 28.5 Å². The first-order valence-corrected chi connectivity index (χ1v) is 22.4. The Hall–Kier alpha value is -2.60. The predicted octanol–water partition coefficient (Wildman–Crippen LogP) is 9.44. The molecule has 1 heterocycles. The van der Waals surface area contributed by atoms with Crippen LogP contribution in [0.3, 0.4) is 0 Å². The number of aliphatic hydroxyl groups excluding tert-OH is 4. The first kappa shape index (κ1) is 52.4. The normalized spacial score (nSPS) is 20.8. The van der Waals surface area contributed by atoms with Crippen molar-refractivity contribution in [2.24, 2.45) is 0 Å². The van der Waals surface area contributed by atoms with Gasteiger partial charge in [0.25, 0.3) is 0 Å². The second-order valence-electron chi connectivity index (χ2n) is 15.2. The van der Waals surface area contributed by atoms with E-state index in [-0.39, 0.29) is 26.1 Å². The fraction of sp³-hybridized carbons (Fsp3) is 0.745. The molecular weight excluding hydrogens is 725 g/mol. The summed E-state index contributed by atoms with van der Waals surface area (Å²) in [4.78, 5) is 25.3. The third kappa shape index (κ3) is 29.3. The molecule has 10 nitrogen and oxygen atoms in total. The number of unbranched alkanes of at least 4 members (excludes halogenated alkanes) is 15. The van der Waals surface area contributed by atoms with Gasteiger partial charge in [0.1, 0.15) is 31.0 Å². The molecule has 1 aliphatic heterocycles. The summed E-state index contributed by atoms with van der Waals surface area (Å²) in [5.41, 5.74) is 0. The number of esters is 2. The second kappa shape index (κ2) is 37.7. The monoisotopic (exact) mass is 805 g/mol. The minimum absolute atomic E-state index is 0.106. The number of hydrogen-bond donors (Lipinski definition) is 4. The van der Waals surface area contributed by atoms with Gasteiger partial charge in [-0.05, 0) is 51.4 Å². The Kier molecular flexibility index (Phi) is 34.6. The summed E-state index contributed by atoms with van der Waals surface area (Å²) >= 11 is 0. The van der Waals surface area contributed by atoms with Crippen molar-refractivity contribution in [2.45, 2.75) is 205 Å². The zero-order valence-electron chi connectivity index (χ0n) is 35.6. The Morgan fingerprint density at radius 2 is 1.02 bits per heavy atom. The lowest BCUT2D eigenvalue weighted by molar-refractivity contribution is -0.305. The summed E-state index contributed by atoms with van der Waals surface area (Å²) in [7, 11) is 0. The van der Waals surface area contributed by atoms with Gasteiger partial charge in [-0.25, -0.2) is 0 Å². The number of rotatable bonds is 36. The topological polar surface area (TPSA) is 152 Å². The maximum absolute atomic E-state index is 12.7. The van der Waals surface area contributed by atoms with Crippen LogP contribution in [0.25, 0.3) is 0 Å². The lowest BCUT2D eigenvalue weighted by Gasteiger charge is -2.39. The molecule has 0 radical (unpaired) electrons. The van der Waals surface area contributed by atoms with Gasteiger partial charge in [0, 0.05) is 12.8 Å². The van der Waals surface area contributed by atoms with E-state index >= 15 is 0 Å². The summed E-state index contributed by atoms with van der Waals surface area (Å²) < 4.78 is 22.1. The Morgan fingerprint density at radius 1 is 0.544 bits per heavy atom. The molecule has 1 aliphatic rings. The smallest absolute Gasteiger partial charge is 0.306 e. The molecule has 0 saturated carbocycles. The molecule has 0 bridgehead atoms. The van der Waals surface area contributed by atoms with Crippen molar-refractivity contribution in [1.29, 1.82) is 0 Å². The predicted molar refractivity (Wildman–Crippen MR) is 228 cm³/mol. The van der Waals surface area contributed by atoms with Gasteiger partial charge in [0.05, 0.1) is 13.2 Å². The van der Waals surface area contributed by atoms with Gasteiger partial charge in [0.15, 0.2) is 12.4 Å². The third-order valence-corrected chi connectivity index (χ3v) is 9.92. The van der Waals surface area contributed by atoms with Gasteiger partial charge in [0.2, 0.25) is 0 Å². The van der Waals surface area contributed by atoms with Crippen LogP contribution in [0.1, 0.15) is 168 Å². The van der Waals surface area contributed by atoms with Crippen LogP contribution in [0, 0.1) is 0 Å². The van der Waals surface area contributed by atoms with E-state index < -0.39 is 55.4 Å². The second-order valence-corrected chi connectivity index (χ2v) is 15.2. The van der Waals surface area contributed by atoms with Gasteiger partial charge in [-0.15, -0.1) is 0 Å². The molecule has 6 atom stereocenters. The Labute approximate surface area is 345 Å². The minimum atomic E-state index is -1.61. The molecule has 2 unspecified atom stereocenters. The zero-order chi connectivity index (χ0) is 41.6. The van der Waals surface area contributed by atoms with Gasteiger partial charge in [-0.3, -0.25) is 9.59 Å². The first-order valence-electron chi connectivity index (χ1n) is 22.4. The van der Waals surface area contributed by atoms with Crippen LogP contribution < -0.4 is 0 Å². The molecule has 4 N–H and O–H groups in total. The van der Waals surface area contributed by atoms with Crippen LogP contribution in [0.5, 0.6) is 0 Å². The van der Waals surface area contributed by atoms with E-state index in [0.717, 1.165) is 51.4 Å². The number of carbonyl (C=O) groups excluding carboxylic acids is 2. The van der Waals surface area contributed by atoms with E-state index in [1.807, 2.05) is 12.2 Å². The standard InChI is InChI=1S/C47H80O10/c1-3-5-7-9-11-13-15-17-18-19-20-21-22-24-26-28-30-32-34-36-43(50)56-40(39-55-47-46(53)45(52)44(51)41(37-48)57-47)38-54-42(49)35-33-31-29-27-25-23-16-14-12-10-8-6-4-2/h11,13,17-18,20-21,24,26,30,32,40-41,44-48,51-53H,3-10,12,14-16,19,22-23,25,27-29,31,33-39H2,1-2H3/b13-11+,18-17+,21-20+,26-24+,32-30+/t40-,41-,44+,45?,46?,47-/m1/s1. The van der Waals surface area contributed by atoms with E-state index in [1.165, 1.54) is 83.5 Å². The number of allylic oxidation sites excluding steroid dienone is 10. The van der Waals surface area contributed by atoms with Crippen molar-refractivity contribution < 1.29 is 49.0 Å². The van der Waals surface area contributed by atoms with Crippen LogP contribution >= 0.6 is 0 Å². The highest BCUT2D eigenvalue weighted by molar-refractivity contribution is 5.70. The van der Waals surface area contributed by atoms with Crippen molar-refractivity contribution >= 4 is 11.9 Å². The molecular formula is C47H80O10. The van der Waals surface area contributed by atoms with Gasteiger partial charge in [-0.2, -0.15) is 0 Å². The highest BCUT2D eigenvalue weighted by Gasteiger charge is 2.44. The molecule has 0 aromatic heterocycles. The quantitative estimate of drug-likeness (QED) is 0.0274. The Morgan fingerprint density at radius 3 is 1.54 bits per heavy atom. The SMILES string of the molecule is CCCCC/C=C/C/C=C/C/C=C/C/C=C/C/C=C/CCC(=O)O[C@H](COC(=O)CCCCCCCCCCCCCCC)CO[C@@H]1O[C@H](CO)[C@H](O)C(O)C1O. The average Bonchev–Trinajstić information content (AvgIpc) is 3.21. The minimum Gasteiger partial charge on any atom is -0.462 e. The summed E-state index contributed by atoms with van der Waals surface area (Å²) in [6.45, 7) is 3.31. The number of aliphatic hydroxyl groups is 4. The molecule has 0 aromatic carbocycles. The van der Waals surface area contributed by atoms with Gasteiger partial charge >= 0.3 is 11.9 Å². The lowest BCUT2D eigenvalue weighted by Crippen LogP contribution is -2.59. The summed E-state index contributed by atoms with van der Waals surface area (Å²) in [5, 5.41) is 40.0. The fourth-order valence-corrected chi connectivity index (χ4v) is 6.35. The molecule has 0 aliphatic carbocycles. The Balaban J connectivity index is 2.40. The maximum Gasteiger partial charge on any atom is 0.306 e. The average molecular weight is 805 g/mol. The van der Waals surface area contributed by atoms with Crippen molar-refractivity contribution in [3.63, 3.8) is 0 Å². The summed E-state index contributed by atoms with van der Waals surface area (Å²) in [6.07, 6.45) is 38.1. The molecule has 1 fully saturated rings. The highest BCUT2D eigenvalue weighted by atomic mass is 16.7. The van der Waals surface area contributed by atoms with E-state index in [4.69, 9.17) is 18.9 Å². The van der Waals surface area contributed by atoms with Crippen molar-refractivity contribution in [1.82, 2.24) is 0 Å². The molecule has 1 rings (SSSR count). The summed E-state index contributed by atoms with van der Waals surface area (Å²) in [5.74, 6) is -0.904. The zero-order valence-corrected chi connectivity index (χ0v) is 35.6. The van der Waals surface area contributed by atoms with E-state index in [2.05, 4.69) is 62.5 Å².